The SMILES string of the molecule is Cc1c(-c2ccnc(Nc3ccc(S(N)(=O)=O)cc3)n2)cnn1-c1ccccc1. The zero-order valence-electron chi connectivity index (χ0n) is 15.5. The Balaban J connectivity index is 1.61. The summed E-state index contributed by atoms with van der Waals surface area (Å²) in [5.41, 5.74) is 4.19. The molecule has 29 heavy (non-hydrogen) atoms. The molecule has 0 aliphatic rings. The van der Waals surface area contributed by atoms with Gasteiger partial charge in [0, 0.05) is 17.4 Å². The Kier molecular flexibility index (Phi) is 4.83. The summed E-state index contributed by atoms with van der Waals surface area (Å²) in [6.07, 6.45) is 3.43. The van der Waals surface area contributed by atoms with Crippen molar-refractivity contribution in [2.45, 2.75) is 11.8 Å². The van der Waals surface area contributed by atoms with Crippen LogP contribution in [0.2, 0.25) is 0 Å². The molecule has 4 aromatic rings. The third-order valence-electron chi connectivity index (χ3n) is 4.38. The largest absolute Gasteiger partial charge is 0.324 e. The Labute approximate surface area is 168 Å². The van der Waals surface area contributed by atoms with Crippen LogP contribution in [-0.2, 0) is 10.0 Å². The summed E-state index contributed by atoms with van der Waals surface area (Å²) in [7, 11) is -3.73. The lowest BCUT2D eigenvalue weighted by Crippen LogP contribution is -2.11. The fourth-order valence-corrected chi connectivity index (χ4v) is 3.43. The number of nitrogens with two attached hydrogens (primary N) is 1. The van der Waals surface area contributed by atoms with Crippen LogP contribution in [0, 0.1) is 6.92 Å². The highest BCUT2D eigenvalue weighted by Gasteiger charge is 2.12. The van der Waals surface area contributed by atoms with Gasteiger partial charge in [-0.2, -0.15) is 5.10 Å². The number of aromatic nitrogens is 4. The number of hydrogen-bond donors (Lipinski definition) is 2. The van der Waals surface area contributed by atoms with Crippen molar-refractivity contribution in [3.63, 3.8) is 0 Å². The molecule has 2 heterocycles. The molecule has 0 unspecified atom stereocenters. The number of para-hydroxylation sites is 1. The molecule has 2 aromatic carbocycles. The molecule has 0 fully saturated rings. The van der Waals surface area contributed by atoms with Gasteiger partial charge in [-0.3, -0.25) is 0 Å². The summed E-state index contributed by atoms with van der Waals surface area (Å²) >= 11 is 0. The molecular formula is C20H18N6O2S. The Morgan fingerprint density at radius 3 is 2.41 bits per heavy atom. The van der Waals surface area contributed by atoms with Crippen molar-refractivity contribution in [2.75, 3.05) is 5.32 Å². The van der Waals surface area contributed by atoms with Gasteiger partial charge < -0.3 is 5.32 Å². The van der Waals surface area contributed by atoms with Gasteiger partial charge in [-0.05, 0) is 49.4 Å². The quantitative estimate of drug-likeness (QED) is 0.526. The van der Waals surface area contributed by atoms with Crippen molar-refractivity contribution in [3.05, 3.63) is 78.8 Å². The fraction of sp³-hybridized carbons (Fsp3) is 0.0500. The number of rotatable bonds is 5. The molecule has 0 atom stereocenters. The van der Waals surface area contributed by atoms with Crippen molar-refractivity contribution in [2.24, 2.45) is 5.14 Å². The number of hydrogen-bond acceptors (Lipinski definition) is 6. The lowest BCUT2D eigenvalue weighted by molar-refractivity contribution is 0.598. The van der Waals surface area contributed by atoms with E-state index in [1.807, 2.05) is 48.0 Å². The fourth-order valence-electron chi connectivity index (χ4n) is 2.92. The van der Waals surface area contributed by atoms with Gasteiger partial charge in [0.25, 0.3) is 0 Å². The minimum Gasteiger partial charge on any atom is -0.324 e. The highest BCUT2D eigenvalue weighted by Crippen LogP contribution is 2.24. The third kappa shape index (κ3) is 4.00. The van der Waals surface area contributed by atoms with E-state index in [1.165, 1.54) is 12.1 Å². The molecule has 8 nitrogen and oxygen atoms in total. The highest BCUT2D eigenvalue weighted by atomic mass is 32.2. The highest BCUT2D eigenvalue weighted by molar-refractivity contribution is 7.89. The Hall–Kier alpha value is -3.56. The predicted molar refractivity (Wildman–Crippen MR) is 110 cm³/mol. The molecular weight excluding hydrogens is 388 g/mol. The normalized spacial score (nSPS) is 11.4. The average Bonchev–Trinajstić information content (AvgIpc) is 3.10. The monoisotopic (exact) mass is 406 g/mol. The van der Waals surface area contributed by atoms with Gasteiger partial charge in [-0.25, -0.2) is 28.2 Å². The van der Waals surface area contributed by atoms with Crippen molar-refractivity contribution in [3.8, 4) is 16.9 Å². The number of nitrogens with zero attached hydrogens (tertiary/aromatic N) is 4. The maximum atomic E-state index is 11.4. The zero-order chi connectivity index (χ0) is 20.4. The summed E-state index contributed by atoms with van der Waals surface area (Å²) in [5, 5.41) is 12.7. The molecule has 0 aliphatic carbocycles. The molecule has 0 bridgehead atoms. The molecule has 146 valence electrons. The lowest BCUT2D eigenvalue weighted by atomic mass is 10.2. The van der Waals surface area contributed by atoms with E-state index < -0.39 is 10.0 Å². The number of benzene rings is 2. The zero-order valence-corrected chi connectivity index (χ0v) is 16.3. The molecule has 4 rings (SSSR count). The first kappa shape index (κ1) is 18.8. The van der Waals surface area contributed by atoms with E-state index in [4.69, 9.17) is 5.14 Å². The Morgan fingerprint density at radius 2 is 1.72 bits per heavy atom. The van der Waals surface area contributed by atoms with Gasteiger partial charge in [-0.1, -0.05) is 18.2 Å². The van der Waals surface area contributed by atoms with Crippen LogP contribution in [-0.4, -0.2) is 28.2 Å². The van der Waals surface area contributed by atoms with Gasteiger partial charge in [0.05, 0.1) is 28.2 Å². The van der Waals surface area contributed by atoms with Crippen molar-refractivity contribution < 1.29 is 8.42 Å². The second-order valence-corrected chi connectivity index (χ2v) is 7.91. The number of nitrogens with one attached hydrogen (secondary N) is 1. The van der Waals surface area contributed by atoms with E-state index in [0.29, 0.717) is 11.6 Å². The van der Waals surface area contributed by atoms with Crippen molar-refractivity contribution >= 4 is 21.7 Å². The maximum absolute atomic E-state index is 11.4. The van der Waals surface area contributed by atoms with Crippen molar-refractivity contribution in [1.29, 1.82) is 0 Å². The maximum Gasteiger partial charge on any atom is 0.238 e. The molecule has 0 amide bonds. The van der Waals surface area contributed by atoms with E-state index in [0.717, 1.165) is 22.6 Å². The van der Waals surface area contributed by atoms with E-state index >= 15 is 0 Å². The lowest BCUT2D eigenvalue weighted by Gasteiger charge is -2.08. The van der Waals surface area contributed by atoms with E-state index in [9.17, 15) is 8.42 Å². The number of sulfonamides is 1. The Bertz CT molecular complexity index is 1250. The first-order valence-electron chi connectivity index (χ1n) is 8.75. The molecule has 0 radical (unpaired) electrons. The molecule has 0 saturated carbocycles. The van der Waals surface area contributed by atoms with E-state index in [1.54, 1.807) is 24.5 Å². The second-order valence-electron chi connectivity index (χ2n) is 6.35. The van der Waals surface area contributed by atoms with Crippen LogP contribution in [0.5, 0.6) is 0 Å². The summed E-state index contributed by atoms with van der Waals surface area (Å²) in [4.78, 5) is 8.84. The minimum absolute atomic E-state index is 0.0432. The molecule has 3 N–H and O–H groups in total. The molecule has 9 heteroatoms. The van der Waals surface area contributed by atoms with Crippen LogP contribution < -0.4 is 10.5 Å². The smallest absolute Gasteiger partial charge is 0.238 e. The first-order valence-corrected chi connectivity index (χ1v) is 10.3. The summed E-state index contributed by atoms with van der Waals surface area (Å²) in [6.45, 7) is 1.98. The third-order valence-corrected chi connectivity index (χ3v) is 5.31. The molecule has 0 aliphatic heterocycles. The summed E-state index contributed by atoms with van der Waals surface area (Å²) in [5.74, 6) is 0.387. The van der Waals surface area contributed by atoms with Crippen LogP contribution in [0.25, 0.3) is 16.9 Å². The summed E-state index contributed by atoms with van der Waals surface area (Å²) < 4.78 is 24.6. The van der Waals surface area contributed by atoms with Crippen LogP contribution >= 0.6 is 0 Å². The van der Waals surface area contributed by atoms with Crippen LogP contribution in [0.15, 0.2) is 78.0 Å². The van der Waals surface area contributed by atoms with Gasteiger partial charge >= 0.3 is 0 Å². The average molecular weight is 406 g/mol. The van der Waals surface area contributed by atoms with Gasteiger partial charge in [0.2, 0.25) is 16.0 Å². The molecule has 0 spiro atoms. The molecule has 0 saturated heterocycles. The second kappa shape index (κ2) is 7.46. The number of primary sulfonamides is 1. The number of anilines is 2. The predicted octanol–water partition coefficient (Wildman–Crippen LogP) is 3.03. The first-order chi connectivity index (χ1) is 13.9. The van der Waals surface area contributed by atoms with Crippen LogP contribution in [0.3, 0.4) is 0 Å². The van der Waals surface area contributed by atoms with Gasteiger partial charge in [-0.15, -0.1) is 0 Å². The Morgan fingerprint density at radius 1 is 1.00 bits per heavy atom. The minimum atomic E-state index is -3.73. The van der Waals surface area contributed by atoms with E-state index in [2.05, 4.69) is 20.4 Å². The summed E-state index contributed by atoms with van der Waals surface area (Å²) in [6, 6.07) is 17.7. The van der Waals surface area contributed by atoms with Crippen molar-refractivity contribution in [1.82, 2.24) is 19.7 Å². The standard InChI is InChI=1S/C20H18N6O2S/c1-14-18(13-23-26(14)16-5-3-2-4-6-16)19-11-12-22-20(25-19)24-15-7-9-17(10-8-15)29(21,27)28/h2-13H,1H3,(H2,21,27,28)(H,22,24,25). The van der Waals surface area contributed by atoms with Gasteiger partial charge in [0.15, 0.2) is 0 Å². The van der Waals surface area contributed by atoms with Gasteiger partial charge in [0.1, 0.15) is 0 Å². The van der Waals surface area contributed by atoms with E-state index in [-0.39, 0.29) is 4.90 Å². The molecule has 2 aromatic heterocycles. The van der Waals surface area contributed by atoms with Crippen LogP contribution in [0.1, 0.15) is 5.69 Å². The topological polar surface area (TPSA) is 116 Å². The van der Waals surface area contributed by atoms with Crippen LogP contribution in [0.4, 0.5) is 11.6 Å².